The first kappa shape index (κ1) is 21.5. The molecule has 6 nitrogen and oxygen atoms in total. The first-order valence-corrected chi connectivity index (χ1v) is 12.2. The molecule has 0 bridgehead atoms. The molecule has 2 rings (SSSR count). The fraction of sp³-hybridized carbons (Fsp3) is 0.947. The lowest BCUT2D eigenvalue weighted by Crippen LogP contribution is -2.55. The molecule has 7 heteroatoms. The van der Waals surface area contributed by atoms with E-state index in [-0.39, 0.29) is 5.75 Å². The molecule has 0 radical (unpaired) electrons. The van der Waals surface area contributed by atoms with E-state index in [1.807, 2.05) is 0 Å². The van der Waals surface area contributed by atoms with Gasteiger partial charge in [0.05, 0.1) is 5.75 Å². The number of sulfone groups is 1. The van der Waals surface area contributed by atoms with Gasteiger partial charge in [0, 0.05) is 52.1 Å². The summed E-state index contributed by atoms with van der Waals surface area (Å²) in [7, 11) is -1.08. The highest BCUT2D eigenvalue weighted by molar-refractivity contribution is 7.90. The lowest BCUT2D eigenvalue weighted by atomic mass is 9.79. The molecule has 2 fully saturated rings. The zero-order chi connectivity index (χ0) is 19.2. The minimum atomic E-state index is -2.88. The number of guanidine groups is 1. The zero-order valence-corrected chi connectivity index (χ0v) is 17.9. The highest BCUT2D eigenvalue weighted by Gasteiger charge is 2.29. The standard InChI is InChI=1S/C19H38N4O2S/c1-16(2)17-6-8-18(9-7-17)22-11-13-23(14-12-22)19(20-3)21-10-5-15-26(4,24)25/h16-18H,5-15H2,1-4H3,(H,20,21). The Morgan fingerprint density at radius 1 is 1.12 bits per heavy atom. The van der Waals surface area contributed by atoms with E-state index in [4.69, 9.17) is 0 Å². The molecule has 1 saturated heterocycles. The van der Waals surface area contributed by atoms with Crippen LogP contribution in [0.2, 0.25) is 0 Å². The van der Waals surface area contributed by atoms with Gasteiger partial charge in [-0.3, -0.25) is 9.89 Å². The van der Waals surface area contributed by atoms with Gasteiger partial charge in [-0.15, -0.1) is 0 Å². The van der Waals surface area contributed by atoms with Crippen LogP contribution in [0.3, 0.4) is 0 Å². The molecule has 1 N–H and O–H groups in total. The van der Waals surface area contributed by atoms with Crippen LogP contribution < -0.4 is 5.32 Å². The summed E-state index contributed by atoms with van der Waals surface area (Å²) in [6.07, 6.45) is 7.37. The van der Waals surface area contributed by atoms with Crippen LogP contribution in [0.15, 0.2) is 4.99 Å². The van der Waals surface area contributed by atoms with Crippen LogP contribution in [0.1, 0.15) is 46.0 Å². The molecule has 1 aliphatic heterocycles. The Balaban J connectivity index is 1.71. The summed E-state index contributed by atoms with van der Waals surface area (Å²) >= 11 is 0. The minimum Gasteiger partial charge on any atom is -0.356 e. The Hall–Kier alpha value is -0.820. The molecular formula is C19H38N4O2S. The topological polar surface area (TPSA) is 65.0 Å². The molecule has 0 atom stereocenters. The van der Waals surface area contributed by atoms with E-state index in [0.717, 1.165) is 50.0 Å². The molecular weight excluding hydrogens is 348 g/mol. The summed E-state index contributed by atoms with van der Waals surface area (Å²) in [5.74, 6) is 2.87. The molecule has 2 aliphatic rings. The van der Waals surface area contributed by atoms with Gasteiger partial charge in [-0.05, 0) is 43.9 Å². The van der Waals surface area contributed by atoms with Crippen molar-refractivity contribution >= 4 is 15.8 Å². The van der Waals surface area contributed by atoms with E-state index in [1.54, 1.807) is 7.05 Å². The fourth-order valence-corrected chi connectivity index (χ4v) is 4.97. The Morgan fingerprint density at radius 3 is 2.23 bits per heavy atom. The summed E-state index contributed by atoms with van der Waals surface area (Å²) in [5.41, 5.74) is 0. The molecule has 0 spiro atoms. The predicted octanol–water partition coefficient (Wildman–Crippen LogP) is 1.83. The van der Waals surface area contributed by atoms with Gasteiger partial charge in [0.2, 0.25) is 0 Å². The van der Waals surface area contributed by atoms with Gasteiger partial charge in [0.1, 0.15) is 9.84 Å². The van der Waals surface area contributed by atoms with E-state index >= 15 is 0 Å². The largest absolute Gasteiger partial charge is 0.356 e. The number of piperazine rings is 1. The van der Waals surface area contributed by atoms with Crippen LogP contribution in [-0.2, 0) is 9.84 Å². The quantitative estimate of drug-likeness (QED) is 0.429. The number of aliphatic imine (C=N–C) groups is 1. The second-order valence-electron chi connectivity index (χ2n) is 8.29. The number of nitrogens with zero attached hydrogens (tertiary/aromatic N) is 3. The van der Waals surface area contributed by atoms with Crippen molar-refractivity contribution in [1.29, 1.82) is 0 Å². The van der Waals surface area contributed by atoms with Gasteiger partial charge >= 0.3 is 0 Å². The van der Waals surface area contributed by atoms with Crippen molar-refractivity contribution in [3.63, 3.8) is 0 Å². The first-order valence-electron chi connectivity index (χ1n) is 10.2. The number of hydrogen-bond acceptors (Lipinski definition) is 4. The van der Waals surface area contributed by atoms with Crippen molar-refractivity contribution in [2.45, 2.75) is 52.0 Å². The third-order valence-electron chi connectivity index (χ3n) is 6.00. The minimum absolute atomic E-state index is 0.226. The van der Waals surface area contributed by atoms with Crippen molar-refractivity contribution < 1.29 is 8.42 Å². The van der Waals surface area contributed by atoms with Crippen molar-refractivity contribution in [2.75, 3.05) is 51.8 Å². The molecule has 152 valence electrons. The lowest BCUT2D eigenvalue weighted by molar-refractivity contribution is 0.0864. The van der Waals surface area contributed by atoms with Crippen LogP contribution in [0.5, 0.6) is 0 Å². The summed E-state index contributed by atoms with van der Waals surface area (Å²) in [5, 5.41) is 3.32. The maximum absolute atomic E-state index is 11.2. The summed E-state index contributed by atoms with van der Waals surface area (Å²) < 4.78 is 22.4. The smallest absolute Gasteiger partial charge is 0.193 e. The Kier molecular flexibility index (Phi) is 8.20. The molecule has 0 unspecified atom stereocenters. The maximum atomic E-state index is 11.2. The van der Waals surface area contributed by atoms with Gasteiger partial charge < -0.3 is 10.2 Å². The fourth-order valence-electron chi connectivity index (χ4n) is 4.30. The van der Waals surface area contributed by atoms with Crippen LogP contribution in [0.25, 0.3) is 0 Å². The third kappa shape index (κ3) is 6.72. The zero-order valence-electron chi connectivity index (χ0n) is 17.1. The average Bonchev–Trinajstić information content (AvgIpc) is 2.61. The van der Waals surface area contributed by atoms with Crippen molar-refractivity contribution in [1.82, 2.24) is 15.1 Å². The van der Waals surface area contributed by atoms with Crippen molar-refractivity contribution in [3.8, 4) is 0 Å². The maximum Gasteiger partial charge on any atom is 0.193 e. The van der Waals surface area contributed by atoms with Crippen LogP contribution in [0.4, 0.5) is 0 Å². The molecule has 0 aromatic rings. The Morgan fingerprint density at radius 2 is 1.73 bits per heavy atom. The molecule has 1 aliphatic carbocycles. The predicted molar refractivity (Wildman–Crippen MR) is 109 cm³/mol. The van der Waals surface area contributed by atoms with E-state index in [1.165, 1.54) is 31.9 Å². The molecule has 0 aromatic carbocycles. The Bertz CT molecular complexity index is 546. The number of nitrogens with one attached hydrogen (secondary N) is 1. The molecule has 0 aromatic heterocycles. The SMILES string of the molecule is CN=C(NCCCS(C)(=O)=O)N1CCN(C2CCC(C(C)C)CC2)CC1. The summed E-state index contributed by atoms with van der Waals surface area (Å²) in [4.78, 5) is 9.35. The van der Waals surface area contributed by atoms with Crippen molar-refractivity contribution in [3.05, 3.63) is 0 Å². The third-order valence-corrected chi connectivity index (χ3v) is 7.03. The molecule has 0 amide bonds. The van der Waals surface area contributed by atoms with Gasteiger partial charge in [-0.2, -0.15) is 0 Å². The molecule has 1 heterocycles. The number of hydrogen-bond donors (Lipinski definition) is 1. The van der Waals surface area contributed by atoms with Gasteiger partial charge in [-0.1, -0.05) is 13.8 Å². The van der Waals surface area contributed by atoms with E-state index < -0.39 is 9.84 Å². The van der Waals surface area contributed by atoms with Crippen molar-refractivity contribution in [2.24, 2.45) is 16.8 Å². The summed E-state index contributed by atoms with van der Waals surface area (Å²) in [6.45, 7) is 9.56. The first-order chi connectivity index (χ1) is 12.3. The second kappa shape index (κ2) is 9.93. The second-order valence-corrected chi connectivity index (χ2v) is 10.6. The summed E-state index contributed by atoms with van der Waals surface area (Å²) in [6, 6.07) is 0.761. The van der Waals surface area contributed by atoms with Gasteiger partial charge in [0.15, 0.2) is 5.96 Å². The Labute approximate surface area is 160 Å². The van der Waals surface area contributed by atoms with Crippen LogP contribution >= 0.6 is 0 Å². The van der Waals surface area contributed by atoms with Crippen LogP contribution in [0, 0.1) is 11.8 Å². The highest BCUT2D eigenvalue weighted by Crippen LogP contribution is 2.32. The van der Waals surface area contributed by atoms with Gasteiger partial charge in [0.25, 0.3) is 0 Å². The average molecular weight is 387 g/mol. The normalized spacial score (nSPS) is 26.3. The van der Waals surface area contributed by atoms with E-state index in [0.29, 0.717) is 13.0 Å². The molecule has 1 saturated carbocycles. The molecule has 26 heavy (non-hydrogen) atoms. The number of rotatable bonds is 6. The van der Waals surface area contributed by atoms with E-state index in [2.05, 4.69) is 34.0 Å². The van der Waals surface area contributed by atoms with E-state index in [9.17, 15) is 8.42 Å². The highest BCUT2D eigenvalue weighted by atomic mass is 32.2. The van der Waals surface area contributed by atoms with Gasteiger partial charge in [-0.25, -0.2) is 8.42 Å². The lowest BCUT2D eigenvalue weighted by Gasteiger charge is -2.43. The van der Waals surface area contributed by atoms with Crippen LogP contribution in [-0.4, -0.2) is 82.0 Å². The monoisotopic (exact) mass is 386 g/mol.